The van der Waals surface area contributed by atoms with Crippen molar-refractivity contribution >= 4 is 27.9 Å². The van der Waals surface area contributed by atoms with Crippen LogP contribution in [0.1, 0.15) is 32.0 Å². The van der Waals surface area contributed by atoms with E-state index in [1.807, 2.05) is 30.3 Å². The number of hydrogen-bond acceptors (Lipinski definition) is 3. The summed E-state index contributed by atoms with van der Waals surface area (Å²) >= 11 is 0. The van der Waals surface area contributed by atoms with Gasteiger partial charge in [0, 0.05) is 22.7 Å². The summed E-state index contributed by atoms with van der Waals surface area (Å²) in [5.74, 6) is -1.27. The maximum atomic E-state index is 13.4. The molecule has 0 amide bonds. The lowest BCUT2D eigenvalue weighted by Gasteiger charge is -2.07. The minimum atomic E-state index is -0.432. The molecule has 0 saturated heterocycles. The lowest BCUT2D eigenvalue weighted by molar-refractivity contribution is 0.103. The van der Waals surface area contributed by atoms with Crippen molar-refractivity contribution < 1.29 is 19.1 Å². The summed E-state index contributed by atoms with van der Waals surface area (Å²) in [5.41, 5.74) is 1.64. The van der Waals surface area contributed by atoms with E-state index in [2.05, 4.69) is 0 Å². The van der Waals surface area contributed by atoms with E-state index in [4.69, 9.17) is 0 Å². The van der Waals surface area contributed by atoms with Gasteiger partial charge in [-0.2, -0.15) is 0 Å². The molecular formula is C26H16FNO3. The Kier molecular flexibility index (Phi) is 4.37. The maximum absolute atomic E-state index is 13.4. The average molecular weight is 409 g/mol. The summed E-state index contributed by atoms with van der Waals surface area (Å²) in [7, 11) is 0. The highest BCUT2D eigenvalue weighted by Gasteiger charge is 2.24. The number of carbonyl (C=O) groups excluding carboxylic acids is 2. The summed E-state index contributed by atoms with van der Waals surface area (Å²) in [6, 6.07) is 22.6. The molecule has 0 aliphatic rings. The number of rotatable bonds is 4. The van der Waals surface area contributed by atoms with Gasteiger partial charge in [0.05, 0.1) is 16.8 Å². The van der Waals surface area contributed by atoms with Crippen LogP contribution in [-0.2, 0) is 0 Å². The molecule has 0 radical (unpaired) electrons. The fourth-order valence-corrected chi connectivity index (χ4v) is 3.88. The predicted molar refractivity (Wildman–Crippen MR) is 116 cm³/mol. The highest BCUT2D eigenvalue weighted by Crippen LogP contribution is 2.31. The third-order valence-electron chi connectivity index (χ3n) is 5.39. The second-order valence-electron chi connectivity index (χ2n) is 7.25. The number of aromatic nitrogens is 1. The molecule has 0 aliphatic heterocycles. The number of pyridine rings is 1. The first-order valence-corrected chi connectivity index (χ1v) is 9.70. The van der Waals surface area contributed by atoms with Crippen LogP contribution in [0, 0.1) is 5.82 Å². The standard InChI is InChI=1S/C26H16FNO3/c27-18-11-9-17(10-12-18)25(30)22-15-21(26(31)20-7-3-4-8-23(20)29)24-19-6-2-1-5-16(19)13-14-28(22)24/h1-15,29H. The summed E-state index contributed by atoms with van der Waals surface area (Å²) in [6.07, 6.45) is 1.75. The normalized spacial score (nSPS) is 11.1. The Balaban J connectivity index is 1.79. The molecule has 5 aromatic rings. The van der Waals surface area contributed by atoms with E-state index in [-0.39, 0.29) is 28.6 Å². The first-order valence-electron chi connectivity index (χ1n) is 9.70. The van der Waals surface area contributed by atoms with Crippen LogP contribution in [0.15, 0.2) is 91.1 Å². The lowest BCUT2D eigenvalue weighted by Crippen LogP contribution is -2.05. The molecule has 1 N–H and O–H groups in total. The zero-order valence-electron chi connectivity index (χ0n) is 16.2. The minimum absolute atomic E-state index is 0.126. The number of halogens is 1. The number of nitrogens with zero attached hydrogens (tertiary/aromatic N) is 1. The van der Waals surface area contributed by atoms with Gasteiger partial charge in [0.15, 0.2) is 5.78 Å². The van der Waals surface area contributed by atoms with Crippen LogP contribution in [0.4, 0.5) is 4.39 Å². The Morgan fingerprint density at radius 3 is 2.26 bits per heavy atom. The molecule has 5 rings (SSSR count). The molecule has 2 heterocycles. The van der Waals surface area contributed by atoms with Crippen molar-refractivity contribution in [1.29, 1.82) is 0 Å². The minimum Gasteiger partial charge on any atom is -0.507 e. The van der Waals surface area contributed by atoms with E-state index in [9.17, 15) is 19.1 Å². The molecule has 2 aromatic heterocycles. The van der Waals surface area contributed by atoms with E-state index < -0.39 is 5.82 Å². The quantitative estimate of drug-likeness (QED) is 0.405. The van der Waals surface area contributed by atoms with Crippen molar-refractivity contribution in [2.75, 3.05) is 0 Å². The highest BCUT2D eigenvalue weighted by molar-refractivity contribution is 6.21. The van der Waals surface area contributed by atoms with Crippen molar-refractivity contribution in [2.24, 2.45) is 0 Å². The summed E-state index contributed by atoms with van der Waals surface area (Å²) in [6.45, 7) is 0. The number of benzene rings is 3. The Morgan fingerprint density at radius 2 is 1.48 bits per heavy atom. The van der Waals surface area contributed by atoms with E-state index in [1.165, 1.54) is 30.3 Å². The fraction of sp³-hybridized carbons (Fsp3) is 0. The monoisotopic (exact) mass is 409 g/mol. The second-order valence-corrected chi connectivity index (χ2v) is 7.25. The number of carbonyl (C=O) groups is 2. The van der Waals surface area contributed by atoms with Gasteiger partial charge in [0.1, 0.15) is 11.6 Å². The van der Waals surface area contributed by atoms with Crippen molar-refractivity contribution in [3.8, 4) is 5.75 Å². The lowest BCUT2D eigenvalue weighted by atomic mass is 10.0. The molecule has 150 valence electrons. The van der Waals surface area contributed by atoms with Gasteiger partial charge in [-0.05, 0) is 53.9 Å². The second kappa shape index (κ2) is 7.22. The summed E-state index contributed by atoms with van der Waals surface area (Å²) in [5, 5.41) is 11.9. The summed E-state index contributed by atoms with van der Waals surface area (Å²) in [4.78, 5) is 26.7. The number of ketones is 2. The Hall–Kier alpha value is -4.25. The topological polar surface area (TPSA) is 58.8 Å². The molecule has 0 spiro atoms. The zero-order chi connectivity index (χ0) is 21.5. The van der Waals surface area contributed by atoms with Gasteiger partial charge in [-0.25, -0.2) is 4.39 Å². The van der Waals surface area contributed by atoms with Crippen LogP contribution >= 0.6 is 0 Å². The number of aromatic hydroxyl groups is 1. The molecular weight excluding hydrogens is 393 g/mol. The van der Waals surface area contributed by atoms with Crippen molar-refractivity contribution in [2.45, 2.75) is 0 Å². The molecule has 0 fully saturated rings. The van der Waals surface area contributed by atoms with Crippen molar-refractivity contribution in [3.63, 3.8) is 0 Å². The maximum Gasteiger partial charge on any atom is 0.209 e. The van der Waals surface area contributed by atoms with Crippen LogP contribution < -0.4 is 0 Å². The predicted octanol–water partition coefficient (Wildman–Crippen LogP) is 5.40. The van der Waals surface area contributed by atoms with Crippen molar-refractivity contribution in [1.82, 2.24) is 4.40 Å². The van der Waals surface area contributed by atoms with Crippen LogP contribution in [0.2, 0.25) is 0 Å². The molecule has 0 saturated carbocycles. The van der Waals surface area contributed by atoms with Crippen LogP contribution in [0.5, 0.6) is 5.75 Å². The van der Waals surface area contributed by atoms with Crippen molar-refractivity contribution in [3.05, 3.63) is 119 Å². The van der Waals surface area contributed by atoms with Crippen LogP contribution in [0.3, 0.4) is 0 Å². The first-order chi connectivity index (χ1) is 15.0. The average Bonchev–Trinajstić information content (AvgIpc) is 3.19. The number of hydrogen-bond donors (Lipinski definition) is 1. The molecule has 4 nitrogen and oxygen atoms in total. The van der Waals surface area contributed by atoms with Gasteiger partial charge in [-0.1, -0.05) is 36.4 Å². The van der Waals surface area contributed by atoms with Crippen LogP contribution in [-0.4, -0.2) is 21.1 Å². The molecule has 31 heavy (non-hydrogen) atoms. The van der Waals surface area contributed by atoms with E-state index in [0.29, 0.717) is 16.6 Å². The third-order valence-corrected chi connectivity index (χ3v) is 5.39. The number of phenolic OH excluding ortho intramolecular Hbond substituents is 1. The van der Waals surface area contributed by atoms with Gasteiger partial charge >= 0.3 is 0 Å². The van der Waals surface area contributed by atoms with Gasteiger partial charge in [0.2, 0.25) is 5.78 Å². The van der Waals surface area contributed by atoms with Gasteiger partial charge in [-0.3, -0.25) is 9.59 Å². The smallest absolute Gasteiger partial charge is 0.209 e. The van der Waals surface area contributed by atoms with Crippen LogP contribution in [0.25, 0.3) is 16.3 Å². The highest BCUT2D eigenvalue weighted by atomic mass is 19.1. The number of phenols is 1. The zero-order valence-corrected chi connectivity index (χ0v) is 16.2. The Morgan fingerprint density at radius 1 is 0.774 bits per heavy atom. The third kappa shape index (κ3) is 3.07. The fourth-order valence-electron chi connectivity index (χ4n) is 3.88. The molecule has 5 heteroatoms. The molecule has 0 aliphatic carbocycles. The van der Waals surface area contributed by atoms with Gasteiger partial charge in [0.25, 0.3) is 0 Å². The molecule has 0 atom stereocenters. The number of fused-ring (bicyclic) bond motifs is 3. The molecule has 0 unspecified atom stereocenters. The van der Waals surface area contributed by atoms with Gasteiger partial charge in [-0.15, -0.1) is 0 Å². The molecule has 0 bridgehead atoms. The largest absolute Gasteiger partial charge is 0.507 e. The number of para-hydroxylation sites is 1. The summed E-state index contributed by atoms with van der Waals surface area (Å²) < 4.78 is 15.0. The van der Waals surface area contributed by atoms with E-state index >= 15 is 0 Å². The Bertz CT molecular complexity index is 1480. The molecule has 3 aromatic carbocycles. The van der Waals surface area contributed by atoms with Gasteiger partial charge < -0.3 is 9.51 Å². The Labute approximate surface area is 176 Å². The SMILES string of the molecule is O=C(c1ccccc1O)c1cc(C(=O)c2ccc(F)cc2)n2ccc3ccccc3c12. The first kappa shape index (κ1) is 18.8. The van der Waals surface area contributed by atoms with E-state index in [1.54, 1.807) is 34.9 Å². The van der Waals surface area contributed by atoms with E-state index in [0.717, 1.165) is 10.8 Å².